The average Bonchev–Trinajstić information content (AvgIpc) is 2.34. The van der Waals surface area contributed by atoms with Crippen molar-refractivity contribution >= 4 is 28.3 Å². The number of anilines is 1. The maximum absolute atomic E-state index is 5.84. The van der Waals surface area contributed by atoms with Gasteiger partial charge in [0.05, 0.1) is 0 Å². The molecule has 0 saturated carbocycles. The summed E-state index contributed by atoms with van der Waals surface area (Å²) < 4.78 is 4.09. The summed E-state index contributed by atoms with van der Waals surface area (Å²) in [6.07, 6.45) is 0. The molecule has 0 aliphatic heterocycles. The monoisotopic (exact) mass is 205 g/mol. The lowest BCUT2D eigenvalue weighted by Gasteiger charge is -2.15. The van der Waals surface area contributed by atoms with Gasteiger partial charge >= 0.3 is 0 Å². The van der Waals surface area contributed by atoms with Crippen molar-refractivity contribution in [2.24, 2.45) is 0 Å². The number of alkyl halides is 1. The SMILES string of the molecule is Cc1nsc(N(C)CC(C)Cl)n1. The van der Waals surface area contributed by atoms with E-state index >= 15 is 0 Å². The molecule has 0 saturated heterocycles. The minimum absolute atomic E-state index is 0.138. The normalized spacial score (nSPS) is 13.0. The molecule has 0 fully saturated rings. The van der Waals surface area contributed by atoms with Crippen LogP contribution in [0, 0.1) is 6.92 Å². The standard InChI is InChI=1S/C7H12ClN3S/c1-5(8)4-11(3)7-9-6(2)10-12-7/h5H,4H2,1-3H3. The molecule has 0 bridgehead atoms. The second kappa shape index (κ2) is 4.05. The highest BCUT2D eigenvalue weighted by Crippen LogP contribution is 2.15. The van der Waals surface area contributed by atoms with E-state index in [1.807, 2.05) is 25.8 Å². The van der Waals surface area contributed by atoms with Crippen LogP contribution in [0.5, 0.6) is 0 Å². The minimum Gasteiger partial charge on any atom is -0.348 e. The van der Waals surface area contributed by atoms with Gasteiger partial charge in [-0.25, -0.2) is 4.98 Å². The highest BCUT2D eigenvalue weighted by atomic mass is 35.5. The highest BCUT2D eigenvalue weighted by molar-refractivity contribution is 7.09. The third kappa shape index (κ3) is 2.60. The van der Waals surface area contributed by atoms with Gasteiger partial charge in [0.1, 0.15) is 5.82 Å². The third-order valence-corrected chi connectivity index (χ3v) is 2.43. The number of nitrogens with zero attached hydrogens (tertiary/aromatic N) is 3. The Morgan fingerprint density at radius 2 is 2.33 bits per heavy atom. The Labute approximate surface area is 81.5 Å². The lowest BCUT2D eigenvalue weighted by molar-refractivity contribution is 0.852. The molecule has 1 unspecified atom stereocenters. The van der Waals surface area contributed by atoms with Gasteiger partial charge in [-0.2, -0.15) is 4.37 Å². The topological polar surface area (TPSA) is 29.0 Å². The van der Waals surface area contributed by atoms with Crippen LogP contribution in [0.1, 0.15) is 12.7 Å². The summed E-state index contributed by atoms with van der Waals surface area (Å²) in [5.74, 6) is 0.823. The molecule has 68 valence electrons. The number of hydrogen-bond acceptors (Lipinski definition) is 4. The molecule has 0 amide bonds. The van der Waals surface area contributed by atoms with Crippen molar-refractivity contribution < 1.29 is 0 Å². The zero-order valence-corrected chi connectivity index (χ0v) is 8.98. The molecule has 0 N–H and O–H groups in total. The van der Waals surface area contributed by atoms with Gasteiger partial charge in [0.15, 0.2) is 0 Å². The van der Waals surface area contributed by atoms with Gasteiger partial charge in [0, 0.05) is 30.5 Å². The minimum atomic E-state index is 0.138. The second-order valence-electron chi connectivity index (χ2n) is 2.79. The molecular formula is C7H12ClN3S. The second-order valence-corrected chi connectivity index (χ2v) is 4.26. The Morgan fingerprint density at radius 3 is 2.75 bits per heavy atom. The Morgan fingerprint density at radius 1 is 1.67 bits per heavy atom. The quantitative estimate of drug-likeness (QED) is 0.706. The summed E-state index contributed by atoms with van der Waals surface area (Å²) in [5.41, 5.74) is 0. The molecule has 12 heavy (non-hydrogen) atoms. The van der Waals surface area contributed by atoms with Crippen molar-refractivity contribution in [3.8, 4) is 0 Å². The lowest BCUT2D eigenvalue weighted by Crippen LogP contribution is -2.23. The number of rotatable bonds is 3. The van der Waals surface area contributed by atoms with Crippen molar-refractivity contribution in [2.75, 3.05) is 18.5 Å². The van der Waals surface area contributed by atoms with Crippen LogP contribution in [-0.2, 0) is 0 Å². The van der Waals surface area contributed by atoms with E-state index in [1.54, 1.807) is 0 Å². The fraction of sp³-hybridized carbons (Fsp3) is 0.714. The molecule has 1 heterocycles. The van der Waals surface area contributed by atoms with Gasteiger partial charge < -0.3 is 4.90 Å². The first kappa shape index (κ1) is 9.74. The van der Waals surface area contributed by atoms with Crippen molar-refractivity contribution in [1.82, 2.24) is 9.36 Å². The Bertz CT molecular complexity index is 249. The van der Waals surface area contributed by atoms with E-state index in [4.69, 9.17) is 11.6 Å². The predicted molar refractivity (Wildman–Crippen MR) is 53.2 cm³/mol. The Kier molecular flexibility index (Phi) is 3.29. The molecule has 0 aliphatic carbocycles. The van der Waals surface area contributed by atoms with Crippen LogP contribution in [0.4, 0.5) is 5.13 Å². The summed E-state index contributed by atoms with van der Waals surface area (Å²) in [7, 11) is 1.97. The van der Waals surface area contributed by atoms with Crippen LogP contribution in [0.2, 0.25) is 0 Å². The summed E-state index contributed by atoms with van der Waals surface area (Å²) in [5, 5.41) is 1.07. The van der Waals surface area contributed by atoms with Gasteiger partial charge in [0.2, 0.25) is 5.13 Å². The zero-order chi connectivity index (χ0) is 9.14. The van der Waals surface area contributed by atoms with Gasteiger partial charge in [-0.3, -0.25) is 0 Å². The lowest BCUT2D eigenvalue weighted by atomic mass is 10.4. The molecule has 0 spiro atoms. The van der Waals surface area contributed by atoms with Crippen LogP contribution in [0.25, 0.3) is 0 Å². The smallest absolute Gasteiger partial charge is 0.204 e. The molecule has 0 aliphatic rings. The van der Waals surface area contributed by atoms with Crippen LogP contribution in [-0.4, -0.2) is 28.3 Å². The van der Waals surface area contributed by atoms with Crippen LogP contribution >= 0.6 is 23.1 Å². The summed E-state index contributed by atoms with van der Waals surface area (Å²) in [6.45, 7) is 4.65. The molecule has 0 radical (unpaired) electrons. The fourth-order valence-electron chi connectivity index (χ4n) is 0.897. The molecule has 1 aromatic heterocycles. The first-order valence-corrected chi connectivity index (χ1v) is 4.96. The van der Waals surface area contributed by atoms with Crippen molar-refractivity contribution in [3.05, 3.63) is 5.82 Å². The molecule has 1 atom stereocenters. The summed E-state index contributed by atoms with van der Waals surface area (Å²) in [4.78, 5) is 6.25. The highest BCUT2D eigenvalue weighted by Gasteiger charge is 2.08. The molecular weight excluding hydrogens is 194 g/mol. The van der Waals surface area contributed by atoms with E-state index in [9.17, 15) is 0 Å². The first-order valence-electron chi connectivity index (χ1n) is 3.75. The molecule has 1 rings (SSSR count). The number of halogens is 1. The fourth-order valence-corrected chi connectivity index (χ4v) is 1.75. The Balaban J connectivity index is 2.58. The van der Waals surface area contributed by atoms with E-state index in [0.29, 0.717) is 0 Å². The van der Waals surface area contributed by atoms with Gasteiger partial charge in [0.25, 0.3) is 0 Å². The van der Waals surface area contributed by atoms with Crippen LogP contribution < -0.4 is 4.90 Å². The number of aryl methyl sites for hydroxylation is 1. The van der Waals surface area contributed by atoms with E-state index in [1.165, 1.54) is 11.5 Å². The van der Waals surface area contributed by atoms with Gasteiger partial charge in [-0.15, -0.1) is 11.6 Å². The maximum Gasteiger partial charge on any atom is 0.204 e. The molecule has 1 aromatic rings. The first-order chi connectivity index (χ1) is 5.59. The van der Waals surface area contributed by atoms with Crippen molar-refractivity contribution in [2.45, 2.75) is 19.2 Å². The third-order valence-electron chi connectivity index (χ3n) is 1.37. The molecule has 3 nitrogen and oxygen atoms in total. The van der Waals surface area contributed by atoms with Crippen molar-refractivity contribution in [1.29, 1.82) is 0 Å². The number of hydrogen-bond donors (Lipinski definition) is 0. The van der Waals surface area contributed by atoms with E-state index in [-0.39, 0.29) is 5.38 Å². The van der Waals surface area contributed by atoms with Crippen LogP contribution in [0.3, 0.4) is 0 Å². The van der Waals surface area contributed by atoms with Crippen molar-refractivity contribution in [3.63, 3.8) is 0 Å². The van der Waals surface area contributed by atoms with Gasteiger partial charge in [-0.1, -0.05) is 0 Å². The van der Waals surface area contributed by atoms with E-state index in [0.717, 1.165) is 17.5 Å². The van der Waals surface area contributed by atoms with Crippen LogP contribution in [0.15, 0.2) is 0 Å². The number of aromatic nitrogens is 2. The Hall–Kier alpha value is -0.350. The summed E-state index contributed by atoms with van der Waals surface area (Å²) >= 11 is 7.25. The molecule has 5 heteroatoms. The largest absolute Gasteiger partial charge is 0.348 e. The van der Waals surface area contributed by atoms with E-state index < -0.39 is 0 Å². The van der Waals surface area contributed by atoms with Gasteiger partial charge in [-0.05, 0) is 13.8 Å². The summed E-state index contributed by atoms with van der Waals surface area (Å²) in [6, 6.07) is 0. The van der Waals surface area contributed by atoms with E-state index in [2.05, 4.69) is 9.36 Å². The molecule has 0 aromatic carbocycles. The predicted octanol–water partition coefficient (Wildman–Crippen LogP) is 1.91. The maximum atomic E-state index is 5.84. The zero-order valence-electron chi connectivity index (χ0n) is 7.41. The average molecular weight is 206 g/mol.